The van der Waals surface area contributed by atoms with Crippen LogP contribution in [0.5, 0.6) is 0 Å². The van der Waals surface area contributed by atoms with Crippen LogP contribution in [0.1, 0.15) is 39.1 Å². The molecule has 130 valence electrons. The molecule has 0 bridgehead atoms. The minimum Gasteiger partial charge on any atom is -0.352 e. The molecule has 2 aromatic rings. The fourth-order valence-corrected chi connectivity index (χ4v) is 3.06. The molecule has 0 saturated carbocycles. The molecule has 0 atom stereocenters. The molecule has 2 amide bonds. The van der Waals surface area contributed by atoms with Crippen molar-refractivity contribution in [2.75, 3.05) is 19.6 Å². The number of likely N-dealkylation sites (tertiary alicyclic amines) is 1. The van der Waals surface area contributed by atoms with E-state index in [1.165, 1.54) is 0 Å². The van der Waals surface area contributed by atoms with Crippen molar-refractivity contribution in [3.8, 4) is 0 Å². The van der Waals surface area contributed by atoms with Gasteiger partial charge in [-0.3, -0.25) is 14.6 Å². The second kappa shape index (κ2) is 7.92. The lowest BCUT2D eigenvalue weighted by atomic mass is 9.96. The Kier molecular flexibility index (Phi) is 5.43. The van der Waals surface area contributed by atoms with Crippen molar-refractivity contribution in [3.63, 3.8) is 0 Å². The Morgan fingerprint density at radius 3 is 2.32 bits per heavy atom. The third-order valence-corrected chi connectivity index (χ3v) is 4.69. The molecule has 1 aliphatic heterocycles. The van der Waals surface area contributed by atoms with Crippen molar-refractivity contribution in [3.05, 3.63) is 65.5 Å². The van der Waals surface area contributed by atoms with Crippen LogP contribution in [0.3, 0.4) is 0 Å². The van der Waals surface area contributed by atoms with E-state index in [9.17, 15) is 9.59 Å². The van der Waals surface area contributed by atoms with E-state index in [-0.39, 0.29) is 11.8 Å². The lowest BCUT2D eigenvalue weighted by Crippen LogP contribution is -2.41. The van der Waals surface area contributed by atoms with Gasteiger partial charge in [0.15, 0.2) is 0 Å². The van der Waals surface area contributed by atoms with Gasteiger partial charge in [0.2, 0.25) is 0 Å². The minimum absolute atomic E-state index is 0.0321. The van der Waals surface area contributed by atoms with Crippen molar-refractivity contribution in [2.24, 2.45) is 5.92 Å². The quantitative estimate of drug-likeness (QED) is 0.933. The van der Waals surface area contributed by atoms with E-state index < -0.39 is 0 Å². The van der Waals surface area contributed by atoms with Crippen molar-refractivity contribution in [1.29, 1.82) is 0 Å². The molecule has 1 aliphatic rings. The maximum absolute atomic E-state index is 12.4. The smallest absolute Gasteiger partial charge is 0.253 e. The van der Waals surface area contributed by atoms with Gasteiger partial charge < -0.3 is 10.2 Å². The molecule has 0 unspecified atom stereocenters. The van der Waals surface area contributed by atoms with E-state index in [1.54, 1.807) is 24.5 Å². The highest BCUT2D eigenvalue weighted by molar-refractivity contribution is 5.94. The number of carbonyl (C=O) groups is 2. The van der Waals surface area contributed by atoms with Gasteiger partial charge in [-0.2, -0.15) is 0 Å². The maximum atomic E-state index is 12.4. The summed E-state index contributed by atoms with van der Waals surface area (Å²) in [6, 6.07) is 11.1. The molecule has 1 N–H and O–H groups in total. The molecule has 3 rings (SSSR count). The number of piperidine rings is 1. The molecule has 5 heteroatoms. The molecule has 0 radical (unpaired) electrons. The predicted molar refractivity (Wildman–Crippen MR) is 96.4 cm³/mol. The third-order valence-electron chi connectivity index (χ3n) is 4.69. The number of aryl methyl sites for hydroxylation is 1. The van der Waals surface area contributed by atoms with Crippen LogP contribution in [0, 0.1) is 12.8 Å². The fourth-order valence-electron chi connectivity index (χ4n) is 3.06. The van der Waals surface area contributed by atoms with Crippen molar-refractivity contribution < 1.29 is 9.59 Å². The van der Waals surface area contributed by atoms with E-state index in [0.29, 0.717) is 23.6 Å². The molecule has 1 saturated heterocycles. The van der Waals surface area contributed by atoms with Gasteiger partial charge in [-0.25, -0.2) is 0 Å². The molecule has 1 aromatic carbocycles. The normalized spacial score (nSPS) is 15.0. The number of pyridine rings is 1. The lowest BCUT2D eigenvalue weighted by molar-refractivity contribution is 0.0684. The summed E-state index contributed by atoms with van der Waals surface area (Å²) in [7, 11) is 0. The number of aromatic nitrogens is 1. The number of amides is 2. The second-order valence-corrected chi connectivity index (χ2v) is 6.55. The zero-order chi connectivity index (χ0) is 17.6. The summed E-state index contributed by atoms with van der Waals surface area (Å²) in [6.07, 6.45) is 5.09. The molecule has 25 heavy (non-hydrogen) atoms. The molecule has 0 aliphatic carbocycles. The van der Waals surface area contributed by atoms with E-state index in [0.717, 1.165) is 31.5 Å². The highest BCUT2D eigenvalue weighted by Crippen LogP contribution is 2.18. The van der Waals surface area contributed by atoms with E-state index in [4.69, 9.17) is 0 Å². The molecular weight excluding hydrogens is 314 g/mol. The summed E-state index contributed by atoms with van der Waals surface area (Å²) in [5.74, 6) is 0.440. The number of nitrogens with one attached hydrogen (secondary N) is 1. The summed E-state index contributed by atoms with van der Waals surface area (Å²) in [5.41, 5.74) is 2.51. The number of carbonyl (C=O) groups excluding carboxylic acids is 2. The first-order valence-electron chi connectivity index (χ1n) is 8.67. The van der Waals surface area contributed by atoms with Crippen LogP contribution in [-0.4, -0.2) is 41.3 Å². The van der Waals surface area contributed by atoms with Gasteiger partial charge in [0.25, 0.3) is 11.8 Å². The Labute approximate surface area is 148 Å². The first-order valence-corrected chi connectivity index (χ1v) is 8.67. The number of benzene rings is 1. The lowest BCUT2D eigenvalue weighted by Gasteiger charge is -2.32. The summed E-state index contributed by atoms with van der Waals surface area (Å²) in [5, 5.41) is 3.01. The Morgan fingerprint density at radius 1 is 1.04 bits per heavy atom. The largest absolute Gasteiger partial charge is 0.352 e. The first-order chi connectivity index (χ1) is 12.1. The van der Waals surface area contributed by atoms with Gasteiger partial charge in [-0.05, 0) is 49.9 Å². The molecule has 2 heterocycles. The summed E-state index contributed by atoms with van der Waals surface area (Å²) in [4.78, 5) is 30.4. The Hall–Kier alpha value is -2.69. The van der Waals surface area contributed by atoms with Crippen molar-refractivity contribution in [2.45, 2.75) is 19.8 Å². The summed E-state index contributed by atoms with van der Waals surface area (Å²) < 4.78 is 0. The highest BCUT2D eigenvalue weighted by Gasteiger charge is 2.23. The zero-order valence-electron chi connectivity index (χ0n) is 14.4. The molecular formula is C20H23N3O2. The van der Waals surface area contributed by atoms with E-state index >= 15 is 0 Å². The number of rotatable bonds is 4. The molecule has 1 fully saturated rings. The summed E-state index contributed by atoms with van der Waals surface area (Å²) >= 11 is 0. The van der Waals surface area contributed by atoms with Crippen LogP contribution < -0.4 is 5.32 Å². The summed E-state index contributed by atoms with van der Waals surface area (Å²) in [6.45, 7) is 4.12. The third kappa shape index (κ3) is 4.44. The zero-order valence-corrected chi connectivity index (χ0v) is 14.4. The number of nitrogens with zero attached hydrogens (tertiary/aromatic N) is 2. The first kappa shape index (κ1) is 17.1. The van der Waals surface area contributed by atoms with Crippen LogP contribution in [0.4, 0.5) is 0 Å². The molecule has 0 spiro atoms. The Balaban J connectivity index is 1.45. The maximum Gasteiger partial charge on any atom is 0.253 e. The highest BCUT2D eigenvalue weighted by atomic mass is 16.2. The van der Waals surface area contributed by atoms with Crippen LogP contribution >= 0.6 is 0 Å². The van der Waals surface area contributed by atoms with Gasteiger partial charge in [-0.1, -0.05) is 17.7 Å². The van der Waals surface area contributed by atoms with Crippen LogP contribution in [-0.2, 0) is 0 Å². The van der Waals surface area contributed by atoms with E-state index in [2.05, 4.69) is 10.3 Å². The molecule has 5 nitrogen and oxygen atoms in total. The fraction of sp³-hybridized carbons (Fsp3) is 0.350. The SMILES string of the molecule is Cc1ccc(C(=O)NCC2CCN(C(=O)c3ccncc3)CC2)cc1. The van der Waals surface area contributed by atoms with Crippen LogP contribution in [0.25, 0.3) is 0 Å². The van der Waals surface area contributed by atoms with Crippen LogP contribution in [0.2, 0.25) is 0 Å². The monoisotopic (exact) mass is 337 g/mol. The van der Waals surface area contributed by atoms with E-state index in [1.807, 2.05) is 36.1 Å². The molecule has 1 aromatic heterocycles. The second-order valence-electron chi connectivity index (χ2n) is 6.55. The minimum atomic E-state index is -0.0321. The van der Waals surface area contributed by atoms with Gasteiger partial charge >= 0.3 is 0 Å². The predicted octanol–water partition coefficient (Wildman–Crippen LogP) is 2.67. The topological polar surface area (TPSA) is 62.3 Å². The standard InChI is InChI=1S/C20H23N3O2/c1-15-2-4-17(5-3-15)19(24)22-14-16-8-12-23(13-9-16)20(25)18-6-10-21-11-7-18/h2-7,10-11,16H,8-9,12-14H2,1H3,(H,22,24). The van der Waals surface area contributed by atoms with Crippen molar-refractivity contribution in [1.82, 2.24) is 15.2 Å². The Morgan fingerprint density at radius 2 is 1.68 bits per heavy atom. The van der Waals surface area contributed by atoms with Crippen LogP contribution in [0.15, 0.2) is 48.8 Å². The number of hydrogen-bond acceptors (Lipinski definition) is 3. The van der Waals surface area contributed by atoms with Gasteiger partial charge in [0.1, 0.15) is 0 Å². The number of hydrogen-bond donors (Lipinski definition) is 1. The van der Waals surface area contributed by atoms with Gasteiger partial charge in [0.05, 0.1) is 0 Å². The Bertz CT molecular complexity index is 720. The van der Waals surface area contributed by atoms with Gasteiger partial charge in [0, 0.05) is 43.2 Å². The average molecular weight is 337 g/mol. The average Bonchev–Trinajstić information content (AvgIpc) is 2.67. The van der Waals surface area contributed by atoms with Crippen molar-refractivity contribution >= 4 is 11.8 Å². The van der Waals surface area contributed by atoms with Gasteiger partial charge in [-0.15, -0.1) is 0 Å².